The number of carboxylic acid groups (broad SMARTS) is 1. The summed E-state index contributed by atoms with van der Waals surface area (Å²) in [5.74, 6) is -1.46. The van der Waals surface area contributed by atoms with Gasteiger partial charge in [-0.05, 0) is 79.1 Å². The number of carbonyl (C=O) groups is 2. The first-order valence-electron chi connectivity index (χ1n) is 11.5. The Hall–Kier alpha value is -4.43. The molecule has 0 saturated heterocycles. The lowest BCUT2D eigenvalue weighted by molar-refractivity contribution is -0.111. The highest BCUT2D eigenvalue weighted by atomic mass is 79.9. The molecule has 0 aromatic heterocycles. The molecule has 0 radical (unpaired) electrons. The van der Waals surface area contributed by atoms with Crippen molar-refractivity contribution in [3.8, 4) is 16.9 Å². The highest BCUT2D eigenvalue weighted by Gasteiger charge is 2.35. The lowest BCUT2D eigenvalue weighted by Crippen LogP contribution is -2.26. The van der Waals surface area contributed by atoms with E-state index in [-0.39, 0.29) is 28.6 Å². The predicted octanol–water partition coefficient (Wildman–Crippen LogP) is 6.63. The third-order valence-electron chi connectivity index (χ3n) is 6.35. The Kier molecular flexibility index (Phi) is 6.27. The van der Waals surface area contributed by atoms with Crippen molar-refractivity contribution in [2.24, 2.45) is 5.10 Å². The van der Waals surface area contributed by atoms with Gasteiger partial charge in [-0.2, -0.15) is 5.10 Å². The molecule has 0 aliphatic carbocycles. The largest absolute Gasteiger partial charge is 0.505 e. The van der Waals surface area contributed by atoms with Gasteiger partial charge in [0.05, 0.1) is 16.9 Å². The van der Waals surface area contributed by atoms with Crippen LogP contribution in [-0.4, -0.2) is 27.8 Å². The number of nitrogens with one attached hydrogen (secondary N) is 1. The number of hydrogen-bond donors (Lipinski definition) is 3. The van der Waals surface area contributed by atoms with Crippen molar-refractivity contribution in [2.45, 2.75) is 13.8 Å². The lowest BCUT2D eigenvalue weighted by atomic mass is 10.0. The molecule has 0 atom stereocenters. The number of aryl methyl sites for hydroxylation is 2. The van der Waals surface area contributed by atoms with Crippen molar-refractivity contribution in [1.29, 1.82) is 0 Å². The molecule has 1 amide bonds. The normalized spacial score (nSPS) is 13.6. The van der Waals surface area contributed by atoms with Crippen LogP contribution in [0.25, 0.3) is 11.1 Å². The zero-order valence-electron chi connectivity index (χ0n) is 20.0. The number of aromatic carboxylic acids is 1. The van der Waals surface area contributed by atoms with Gasteiger partial charge < -0.3 is 10.2 Å². The molecule has 1 aliphatic heterocycles. The molecular formula is C29H22BrN3O4. The van der Waals surface area contributed by atoms with E-state index in [0.29, 0.717) is 22.4 Å². The maximum absolute atomic E-state index is 13.6. The van der Waals surface area contributed by atoms with E-state index < -0.39 is 5.97 Å². The van der Waals surface area contributed by atoms with Gasteiger partial charge in [0, 0.05) is 21.3 Å². The average molecular weight is 556 g/mol. The van der Waals surface area contributed by atoms with E-state index >= 15 is 0 Å². The Morgan fingerprint density at radius 2 is 1.70 bits per heavy atom. The molecule has 0 fully saturated rings. The number of carbonyl (C=O) groups excluding carboxylic acids is 1. The van der Waals surface area contributed by atoms with Crippen LogP contribution >= 0.6 is 15.9 Å². The fourth-order valence-corrected chi connectivity index (χ4v) is 4.60. The number of benzene rings is 4. The molecule has 0 unspecified atom stereocenters. The van der Waals surface area contributed by atoms with Crippen LogP contribution in [0.2, 0.25) is 0 Å². The molecule has 0 saturated carbocycles. The summed E-state index contributed by atoms with van der Waals surface area (Å²) in [5.41, 5.74) is 8.71. The third kappa shape index (κ3) is 4.47. The Labute approximate surface area is 221 Å². The van der Waals surface area contributed by atoms with Crippen molar-refractivity contribution >= 4 is 50.6 Å². The number of anilines is 3. The number of para-hydroxylation sites is 1. The van der Waals surface area contributed by atoms with Crippen molar-refractivity contribution < 1.29 is 19.8 Å². The summed E-state index contributed by atoms with van der Waals surface area (Å²) in [5, 5.41) is 24.7. The molecule has 1 heterocycles. The van der Waals surface area contributed by atoms with Crippen molar-refractivity contribution in [3.05, 3.63) is 106 Å². The molecule has 3 N–H and O–H groups in total. The minimum absolute atomic E-state index is 0.109. The summed E-state index contributed by atoms with van der Waals surface area (Å²) in [6.45, 7) is 4.02. The number of rotatable bonds is 5. The maximum atomic E-state index is 13.6. The lowest BCUT2D eigenvalue weighted by Gasteiger charge is -2.18. The molecule has 4 aromatic carbocycles. The third-order valence-corrected chi connectivity index (χ3v) is 6.85. The van der Waals surface area contributed by atoms with Gasteiger partial charge in [-0.15, -0.1) is 0 Å². The van der Waals surface area contributed by atoms with Gasteiger partial charge in [-0.25, -0.2) is 4.79 Å². The van der Waals surface area contributed by atoms with Gasteiger partial charge in [0.15, 0.2) is 5.71 Å². The van der Waals surface area contributed by atoms with Crippen LogP contribution < -0.4 is 10.3 Å². The number of phenolic OH excluding ortho intramolecular Hbond substituents is 1. The fraction of sp³-hybridized carbons (Fsp3) is 0.0690. The molecule has 1 aliphatic rings. The van der Waals surface area contributed by atoms with Crippen molar-refractivity contribution in [2.75, 3.05) is 10.3 Å². The number of hydrogen-bond acceptors (Lipinski definition) is 5. The molecule has 0 bridgehead atoms. The van der Waals surface area contributed by atoms with Crippen molar-refractivity contribution in [1.82, 2.24) is 0 Å². The number of halogens is 1. The molecular weight excluding hydrogens is 534 g/mol. The minimum Gasteiger partial charge on any atom is -0.505 e. The zero-order valence-corrected chi connectivity index (χ0v) is 21.6. The first-order valence-corrected chi connectivity index (χ1v) is 12.2. The second kappa shape index (κ2) is 9.55. The molecule has 37 heavy (non-hydrogen) atoms. The van der Waals surface area contributed by atoms with E-state index in [1.165, 1.54) is 12.1 Å². The highest BCUT2D eigenvalue weighted by Crippen LogP contribution is 2.39. The first-order chi connectivity index (χ1) is 17.7. The monoisotopic (exact) mass is 555 g/mol. The smallest absolute Gasteiger partial charge is 0.335 e. The standard InChI is InChI=1S/C29H22BrN3O4/c1-16-9-11-21(13-17(16)2)33-25-15-20(30)10-12-23(25)26(28(33)35)32-31-24-8-4-7-22(27(24)34)18-5-3-6-19(14-18)29(36)37/h3-15,31,34H,1-2H3,(H,36,37)/b32-26-. The number of phenols is 1. The topological polar surface area (TPSA) is 102 Å². The van der Waals surface area contributed by atoms with E-state index in [1.807, 2.05) is 50.2 Å². The van der Waals surface area contributed by atoms with Crippen LogP contribution in [0, 0.1) is 13.8 Å². The highest BCUT2D eigenvalue weighted by molar-refractivity contribution is 9.10. The summed E-state index contributed by atoms with van der Waals surface area (Å²) in [6.07, 6.45) is 0. The summed E-state index contributed by atoms with van der Waals surface area (Å²) in [6, 6.07) is 22.7. The predicted molar refractivity (Wildman–Crippen MR) is 148 cm³/mol. The Morgan fingerprint density at radius 3 is 2.46 bits per heavy atom. The van der Waals surface area contributed by atoms with Gasteiger partial charge in [-0.1, -0.05) is 46.3 Å². The zero-order chi connectivity index (χ0) is 26.3. The van der Waals surface area contributed by atoms with Gasteiger partial charge in [0.2, 0.25) is 0 Å². The second-order valence-corrected chi connectivity index (χ2v) is 9.65. The average Bonchev–Trinajstić information content (AvgIpc) is 3.15. The molecule has 4 aromatic rings. The molecule has 0 spiro atoms. The van der Waals surface area contributed by atoms with E-state index in [9.17, 15) is 19.8 Å². The van der Waals surface area contributed by atoms with Gasteiger partial charge in [-0.3, -0.25) is 15.1 Å². The van der Waals surface area contributed by atoms with E-state index in [1.54, 1.807) is 35.2 Å². The van der Waals surface area contributed by atoms with E-state index in [0.717, 1.165) is 21.3 Å². The summed E-state index contributed by atoms with van der Waals surface area (Å²) in [7, 11) is 0. The minimum atomic E-state index is -1.06. The van der Waals surface area contributed by atoms with E-state index in [4.69, 9.17) is 0 Å². The number of aromatic hydroxyl groups is 1. The van der Waals surface area contributed by atoms with Crippen LogP contribution in [0.4, 0.5) is 17.1 Å². The number of amides is 1. The number of fused-ring (bicyclic) bond motifs is 1. The quantitative estimate of drug-likeness (QED) is 0.189. The number of carboxylic acids is 1. The van der Waals surface area contributed by atoms with Crippen LogP contribution in [0.15, 0.2) is 88.4 Å². The van der Waals surface area contributed by atoms with E-state index in [2.05, 4.69) is 26.5 Å². The molecule has 184 valence electrons. The molecule has 8 heteroatoms. The van der Waals surface area contributed by atoms with Crippen LogP contribution in [-0.2, 0) is 4.79 Å². The second-order valence-electron chi connectivity index (χ2n) is 8.73. The van der Waals surface area contributed by atoms with Crippen LogP contribution in [0.3, 0.4) is 0 Å². The fourth-order valence-electron chi connectivity index (χ4n) is 4.25. The molecule has 5 rings (SSSR count). The number of nitrogens with zero attached hydrogens (tertiary/aromatic N) is 2. The Bertz CT molecular complexity index is 1610. The van der Waals surface area contributed by atoms with Crippen LogP contribution in [0.5, 0.6) is 5.75 Å². The first kappa shape index (κ1) is 24.3. The Balaban J connectivity index is 1.53. The van der Waals surface area contributed by atoms with Crippen LogP contribution in [0.1, 0.15) is 27.0 Å². The summed E-state index contributed by atoms with van der Waals surface area (Å²) < 4.78 is 0.830. The Morgan fingerprint density at radius 1 is 0.919 bits per heavy atom. The van der Waals surface area contributed by atoms with Gasteiger partial charge in [0.25, 0.3) is 5.91 Å². The summed E-state index contributed by atoms with van der Waals surface area (Å²) >= 11 is 3.50. The van der Waals surface area contributed by atoms with Gasteiger partial charge in [0.1, 0.15) is 5.75 Å². The van der Waals surface area contributed by atoms with Gasteiger partial charge >= 0.3 is 5.97 Å². The van der Waals surface area contributed by atoms with Crippen molar-refractivity contribution in [3.63, 3.8) is 0 Å². The number of hydrazone groups is 1. The summed E-state index contributed by atoms with van der Waals surface area (Å²) in [4.78, 5) is 26.6. The SMILES string of the molecule is Cc1ccc(N2C(=O)/C(=N\Nc3cccc(-c4cccc(C(=O)O)c4)c3O)c3ccc(Br)cc32)cc1C. The maximum Gasteiger partial charge on any atom is 0.335 e. The molecule has 7 nitrogen and oxygen atoms in total.